The molecule has 0 bridgehead atoms. The maximum absolute atomic E-state index is 15.4. The summed E-state index contributed by atoms with van der Waals surface area (Å²) in [5.41, 5.74) is -1.13. The summed E-state index contributed by atoms with van der Waals surface area (Å²) < 4.78 is 96.9. The average Bonchev–Trinajstić information content (AvgIpc) is 3.37. The number of carbonyl (C=O) groups is 2. The van der Waals surface area contributed by atoms with Gasteiger partial charge in [-0.05, 0) is 50.6 Å². The van der Waals surface area contributed by atoms with Crippen LogP contribution in [0.2, 0.25) is 5.02 Å². The van der Waals surface area contributed by atoms with Crippen molar-refractivity contribution in [1.82, 2.24) is 15.5 Å². The molecule has 3 aromatic rings. The van der Waals surface area contributed by atoms with Crippen LogP contribution in [0.25, 0.3) is 11.4 Å². The maximum atomic E-state index is 15.4. The minimum absolute atomic E-state index is 0.136. The molecule has 17 heteroatoms. The number of hydrogen-bond acceptors (Lipinski definition) is 8. The van der Waals surface area contributed by atoms with Crippen molar-refractivity contribution >= 4 is 40.1 Å². The quantitative estimate of drug-likeness (QED) is 0.352. The van der Waals surface area contributed by atoms with Gasteiger partial charge in [0.25, 0.3) is 5.91 Å². The first-order valence-electron chi connectivity index (χ1n) is 12.4. The van der Waals surface area contributed by atoms with E-state index in [0.717, 1.165) is 17.0 Å². The van der Waals surface area contributed by atoms with Gasteiger partial charge in [0.05, 0.1) is 39.2 Å². The summed E-state index contributed by atoms with van der Waals surface area (Å²) in [5, 5.41) is 6.07. The second-order valence-electron chi connectivity index (χ2n) is 10.3. The van der Waals surface area contributed by atoms with E-state index in [1.165, 1.54) is 0 Å². The number of amides is 2. The first-order chi connectivity index (χ1) is 19.9. The fourth-order valence-electron chi connectivity index (χ4n) is 4.00. The number of hydrogen-bond donors (Lipinski definition) is 1. The highest BCUT2D eigenvalue weighted by Crippen LogP contribution is 2.43. The third-order valence-electron chi connectivity index (χ3n) is 6.00. The van der Waals surface area contributed by atoms with E-state index in [1.54, 1.807) is 45.0 Å². The lowest BCUT2D eigenvalue weighted by Crippen LogP contribution is -2.51. The highest BCUT2D eigenvalue weighted by atomic mass is 35.5. The first-order valence-corrected chi connectivity index (χ1v) is 14.1. The Balaban J connectivity index is 1.81. The van der Waals surface area contributed by atoms with Crippen molar-refractivity contribution in [3.63, 3.8) is 0 Å². The molecule has 0 fully saturated rings. The van der Waals surface area contributed by atoms with E-state index in [2.05, 4.69) is 24.7 Å². The predicted octanol–water partition coefficient (Wildman–Crippen LogP) is 5.41. The number of alkyl halides is 4. The Hall–Kier alpha value is -3.63. The second-order valence-corrected chi connectivity index (χ2v) is 12.2. The molecule has 10 nitrogen and oxygen atoms in total. The third-order valence-corrected chi connectivity index (χ3v) is 7.71. The van der Waals surface area contributed by atoms with Gasteiger partial charge in [-0.2, -0.15) is 22.5 Å². The van der Waals surface area contributed by atoms with Gasteiger partial charge in [0, 0.05) is 12.1 Å². The summed E-state index contributed by atoms with van der Waals surface area (Å²) in [6, 6.07) is 6.65. The molecule has 2 amide bonds. The van der Waals surface area contributed by atoms with E-state index in [-0.39, 0.29) is 17.1 Å². The molecule has 1 aromatic heterocycles. The Bertz CT molecular complexity index is 1560. The minimum atomic E-state index is -5.62. The topological polar surface area (TPSA) is 124 Å². The largest absolute Gasteiger partial charge is 0.458 e. The molecule has 4 rings (SSSR count). The summed E-state index contributed by atoms with van der Waals surface area (Å²) in [7, 11) is -1.66. The molecule has 0 aliphatic carbocycles. The lowest BCUT2D eigenvalue weighted by Gasteiger charge is -2.27. The molecule has 2 heterocycles. The number of anilines is 1. The van der Waals surface area contributed by atoms with Crippen LogP contribution in [0.15, 0.2) is 45.8 Å². The molecule has 0 saturated heterocycles. The van der Waals surface area contributed by atoms with E-state index >= 15 is 4.39 Å². The highest BCUT2D eigenvalue weighted by Gasteiger charge is 2.63. The zero-order valence-electron chi connectivity index (χ0n) is 22.9. The van der Waals surface area contributed by atoms with Gasteiger partial charge < -0.3 is 24.2 Å². The molecule has 0 saturated carbocycles. The molecule has 232 valence electrons. The summed E-state index contributed by atoms with van der Waals surface area (Å²) in [6.07, 6.45) is -6.59. The molecule has 2 aromatic carbocycles. The van der Waals surface area contributed by atoms with E-state index in [4.69, 9.17) is 16.3 Å². The van der Waals surface area contributed by atoms with Gasteiger partial charge in [-0.25, -0.2) is 9.18 Å². The van der Waals surface area contributed by atoms with Gasteiger partial charge in [-0.15, -0.1) is 0 Å². The smallest absolute Gasteiger partial charge is 0.444 e. The van der Waals surface area contributed by atoms with Crippen molar-refractivity contribution in [2.45, 2.75) is 55.9 Å². The summed E-state index contributed by atoms with van der Waals surface area (Å²) in [5.74, 6) is -9.33. The number of carbonyl (C=O) groups excluding carboxylic acids is 2. The summed E-state index contributed by atoms with van der Waals surface area (Å²) in [4.78, 5) is 30.6. The Labute approximate surface area is 248 Å². The van der Waals surface area contributed by atoms with Crippen molar-refractivity contribution in [3.05, 3.63) is 58.7 Å². The fraction of sp³-hybridized carbons (Fsp3) is 0.385. The monoisotopic (exact) mass is 650 g/mol. The standard InChI is InChI=1S/C26H24ClF5N4O6S/c1-24(2,3)41-23(38)33-17-12-43(39)19-10-16(28)15(20-34-22(42-35-20)25(29,40-4)26(30,31)32)9-18(19)36(21(17)37)11-13-5-7-14(27)8-6-13/h5-10,17H,11-12H2,1-4H3,(H,33,38)/t17-,25?,43?/m0/s1. The molecular formula is C26H24ClF5N4O6S. The molecule has 2 unspecified atom stereocenters. The average molecular weight is 651 g/mol. The SMILES string of the molecule is COC(F)(c1nc(-c2cc3c(cc2F)S(=O)C[C@H](NC(=O)OC(C)(C)C)C(=O)N3Cc2ccc(Cl)cc2)no1)C(F)(F)F. The van der Waals surface area contributed by atoms with Gasteiger partial charge >= 0.3 is 24.0 Å². The van der Waals surface area contributed by atoms with Crippen LogP contribution in [0.3, 0.4) is 0 Å². The summed E-state index contributed by atoms with van der Waals surface area (Å²) in [6.45, 7) is 4.61. The number of ether oxygens (including phenoxy) is 2. The highest BCUT2D eigenvalue weighted by molar-refractivity contribution is 7.85. The van der Waals surface area contributed by atoms with Crippen LogP contribution in [-0.4, -0.2) is 57.0 Å². The van der Waals surface area contributed by atoms with Crippen molar-refractivity contribution in [2.24, 2.45) is 0 Å². The van der Waals surface area contributed by atoms with Gasteiger partial charge in [-0.1, -0.05) is 28.9 Å². The van der Waals surface area contributed by atoms with Gasteiger partial charge in [0.2, 0.25) is 5.82 Å². The van der Waals surface area contributed by atoms with Crippen LogP contribution in [0.5, 0.6) is 0 Å². The van der Waals surface area contributed by atoms with Crippen LogP contribution in [0.1, 0.15) is 32.2 Å². The van der Waals surface area contributed by atoms with Crippen LogP contribution in [0, 0.1) is 5.82 Å². The normalized spacial score (nSPS) is 18.9. The molecular weight excluding hydrogens is 627 g/mol. The molecule has 0 spiro atoms. The zero-order valence-corrected chi connectivity index (χ0v) is 24.5. The van der Waals surface area contributed by atoms with Crippen LogP contribution in [-0.2, 0) is 37.5 Å². The van der Waals surface area contributed by atoms with E-state index in [1.807, 2.05) is 0 Å². The first kappa shape index (κ1) is 32.3. The molecule has 43 heavy (non-hydrogen) atoms. The lowest BCUT2D eigenvalue weighted by molar-refractivity contribution is -0.342. The molecule has 1 aliphatic heterocycles. The number of aromatic nitrogens is 2. The number of methoxy groups -OCH3 is 1. The Kier molecular flexibility index (Phi) is 8.86. The number of fused-ring (bicyclic) bond motifs is 1. The molecule has 1 N–H and O–H groups in total. The Morgan fingerprint density at radius 3 is 2.42 bits per heavy atom. The zero-order chi connectivity index (χ0) is 31.9. The minimum Gasteiger partial charge on any atom is -0.444 e. The number of nitrogens with zero attached hydrogens (tertiary/aromatic N) is 3. The molecule has 0 radical (unpaired) electrons. The second kappa shape index (κ2) is 11.8. The van der Waals surface area contributed by atoms with Gasteiger partial charge in [0.1, 0.15) is 17.5 Å². The van der Waals surface area contributed by atoms with Crippen molar-refractivity contribution in [1.29, 1.82) is 0 Å². The Morgan fingerprint density at radius 1 is 1.19 bits per heavy atom. The number of benzene rings is 2. The third kappa shape index (κ3) is 6.80. The number of rotatable bonds is 6. The van der Waals surface area contributed by atoms with Crippen molar-refractivity contribution in [3.8, 4) is 11.4 Å². The predicted molar refractivity (Wildman–Crippen MR) is 143 cm³/mol. The molecule has 1 aliphatic rings. The van der Waals surface area contributed by atoms with Crippen molar-refractivity contribution < 1.29 is 49.7 Å². The van der Waals surface area contributed by atoms with Crippen LogP contribution >= 0.6 is 11.6 Å². The fourth-order valence-corrected chi connectivity index (χ4v) is 5.48. The van der Waals surface area contributed by atoms with Crippen LogP contribution in [0.4, 0.5) is 32.4 Å². The number of alkyl carbamates (subject to hydrolysis) is 1. The maximum Gasteiger partial charge on any atom is 0.458 e. The van der Waals surface area contributed by atoms with Crippen molar-refractivity contribution in [2.75, 3.05) is 17.8 Å². The number of halogens is 6. The molecule has 3 atom stereocenters. The summed E-state index contributed by atoms with van der Waals surface area (Å²) >= 11 is 5.97. The lowest BCUT2D eigenvalue weighted by atomic mass is 10.1. The number of nitrogens with one attached hydrogen (secondary N) is 1. The van der Waals surface area contributed by atoms with E-state index in [0.29, 0.717) is 17.7 Å². The Morgan fingerprint density at radius 2 is 1.84 bits per heavy atom. The van der Waals surface area contributed by atoms with E-state index in [9.17, 15) is 31.4 Å². The van der Waals surface area contributed by atoms with Gasteiger partial charge in [-0.3, -0.25) is 9.00 Å². The van der Waals surface area contributed by atoms with Crippen LogP contribution < -0.4 is 10.2 Å². The van der Waals surface area contributed by atoms with E-state index < -0.39 is 75.3 Å². The van der Waals surface area contributed by atoms with Gasteiger partial charge in [0.15, 0.2) is 0 Å².